The Morgan fingerprint density at radius 2 is 2.15 bits per heavy atom. The van der Waals surface area contributed by atoms with E-state index in [0.717, 1.165) is 19.6 Å². The summed E-state index contributed by atoms with van der Waals surface area (Å²) in [4.78, 5) is 16.5. The van der Waals surface area contributed by atoms with E-state index < -0.39 is 0 Å². The third-order valence-electron chi connectivity index (χ3n) is 4.07. The molecule has 110 valence electrons. The Morgan fingerprint density at radius 1 is 1.45 bits per heavy atom. The van der Waals surface area contributed by atoms with Crippen molar-refractivity contribution in [1.29, 1.82) is 0 Å². The summed E-state index contributed by atoms with van der Waals surface area (Å²) in [6, 6.07) is 10.8. The molecule has 1 aliphatic heterocycles. The monoisotopic (exact) mass is 275 g/mol. The second kappa shape index (κ2) is 6.86. The summed E-state index contributed by atoms with van der Waals surface area (Å²) >= 11 is 0. The Kier molecular flexibility index (Phi) is 5.15. The highest BCUT2D eigenvalue weighted by atomic mass is 16.2. The number of carbonyl (C=O) groups excluding carboxylic acids is 1. The van der Waals surface area contributed by atoms with Gasteiger partial charge in [0.2, 0.25) is 5.91 Å². The average Bonchev–Trinajstić information content (AvgIpc) is 2.46. The van der Waals surface area contributed by atoms with Gasteiger partial charge >= 0.3 is 0 Å². The molecule has 0 aliphatic carbocycles. The molecular formula is C16H25N3O. The summed E-state index contributed by atoms with van der Waals surface area (Å²) in [5.74, 6) is 0.190. The van der Waals surface area contributed by atoms with E-state index in [9.17, 15) is 4.79 Å². The molecule has 0 saturated carbocycles. The van der Waals surface area contributed by atoms with Gasteiger partial charge in [0.15, 0.2) is 0 Å². The Hall–Kier alpha value is -1.39. The smallest absolute Gasteiger partial charge is 0.236 e. The summed E-state index contributed by atoms with van der Waals surface area (Å²) in [7, 11) is 1.89. The Balaban J connectivity index is 1.91. The topological polar surface area (TPSA) is 35.6 Å². The second-order valence-corrected chi connectivity index (χ2v) is 5.68. The van der Waals surface area contributed by atoms with Gasteiger partial charge in [-0.3, -0.25) is 9.69 Å². The van der Waals surface area contributed by atoms with Crippen LogP contribution in [0.2, 0.25) is 0 Å². The summed E-state index contributed by atoms with van der Waals surface area (Å²) in [5, 5.41) is 3.40. The normalized spacial score (nSPS) is 21.4. The first-order chi connectivity index (χ1) is 9.58. The number of likely N-dealkylation sites (N-methyl/N-ethyl adjacent to an activating group) is 1. The van der Waals surface area contributed by atoms with Crippen molar-refractivity contribution in [3.63, 3.8) is 0 Å². The minimum atomic E-state index is 0.115. The zero-order valence-electron chi connectivity index (χ0n) is 12.7. The Morgan fingerprint density at radius 3 is 2.80 bits per heavy atom. The zero-order valence-corrected chi connectivity index (χ0v) is 12.7. The van der Waals surface area contributed by atoms with E-state index in [-0.39, 0.29) is 11.9 Å². The van der Waals surface area contributed by atoms with Crippen LogP contribution in [0.5, 0.6) is 0 Å². The molecule has 1 saturated heterocycles. The summed E-state index contributed by atoms with van der Waals surface area (Å²) in [6.07, 6.45) is 0. The number of nitrogens with zero attached hydrogens (tertiary/aromatic N) is 2. The van der Waals surface area contributed by atoms with Crippen LogP contribution in [0, 0.1) is 0 Å². The van der Waals surface area contributed by atoms with Gasteiger partial charge < -0.3 is 10.2 Å². The van der Waals surface area contributed by atoms with E-state index in [0.29, 0.717) is 12.6 Å². The summed E-state index contributed by atoms with van der Waals surface area (Å²) in [6.45, 7) is 7.61. The number of hydrogen-bond acceptors (Lipinski definition) is 3. The van der Waals surface area contributed by atoms with E-state index in [1.165, 1.54) is 5.56 Å². The largest absolute Gasteiger partial charge is 0.338 e. The summed E-state index contributed by atoms with van der Waals surface area (Å²) < 4.78 is 0. The average molecular weight is 275 g/mol. The maximum absolute atomic E-state index is 12.4. The highest BCUT2D eigenvalue weighted by Crippen LogP contribution is 2.18. The molecule has 1 heterocycles. The van der Waals surface area contributed by atoms with Crippen LogP contribution in [0.25, 0.3) is 0 Å². The molecule has 1 aromatic carbocycles. The van der Waals surface area contributed by atoms with Crippen LogP contribution in [0.15, 0.2) is 30.3 Å². The van der Waals surface area contributed by atoms with Gasteiger partial charge in [0.25, 0.3) is 0 Å². The maximum Gasteiger partial charge on any atom is 0.236 e. The van der Waals surface area contributed by atoms with E-state index in [1.54, 1.807) is 0 Å². The van der Waals surface area contributed by atoms with E-state index in [4.69, 9.17) is 0 Å². The zero-order chi connectivity index (χ0) is 14.5. The van der Waals surface area contributed by atoms with Gasteiger partial charge in [0.05, 0.1) is 12.6 Å². The fourth-order valence-electron chi connectivity index (χ4n) is 2.63. The SMILES string of the molecule is CC(c1ccccc1)N(C)C(=O)CN1CCN[C@H](C)C1. The van der Waals surface area contributed by atoms with Crippen molar-refractivity contribution in [2.75, 3.05) is 33.2 Å². The number of nitrogens with one attached hydrogen (secondary N) is 1. The van der Waals surface area contributed by atoms with Crippen molar-refractivity contribution in [3.8, 4) is 0 Å². The van der Waals surface area contributed by atoms with E-state index >= 15 is 0 Å². The minimum absolute atomic E-state index is 0.115. The lowest BCUT2D eigenvalue weighted by Gasteiger charge is -2.33. The first kappa shape index (κ1) is 15.0. The third-order valence-corrected chi connectivity index (χ3v) is 4.07. The molecule has 4 nitrogen and oxygen atoms in total. The van der Waals surface area contributed by atoms with Gasteiger partial charge in [-0.15, -0.1) is 0 Å². The molecule has 20 heavy (non-hydrogen) atoms. The molecule has 2 atom stereocenters. The van der Waals surface area contributed by atoms with Gasteiger partial charge in [-0.2, -0.15) is 0 Å². The van der Waals surface area contributed by atoms with Crippen molar-refractivity contribution >= 4 is 5.91 Å². The van der Waals surface area contributed by atoms with Crippen molar-refractivity contribution < 1.29 is 4.79 Å². The van der Waals surface area contributed by atoms with Crippen LogP contribution in [-0.4, -0.2) is 55.0 Å². The molecule has 0 radical (unpaired) electrons. The van der Waals surface area contributed by atoms with Gasteiger partial charge in [0, 0.05) is 32.7 Å². The lowest BCUT2D eigenvalue weighted by atomic mass is 10.1. The summed E-state index contributed by atoms with van der Waals surface area (Å²) in [5.41, 5.74) is 1.18. The highest BCUT2D eigenvalue weighted by Gasteiger charge is 2.22. The van der Waals surface area contributed by atoms with Crippen LogP contribution in [-0.2, 0) is 4.79 Å². The molecule has 1 unspecified atom stereocenters. The van der Waals surface area contributed by atoms with Gasteiger partial charge in [0.1, 0.15) is 0 Å². The van der Waals surface area contributed by atoms with E-state index in [1.807, 2.05) is 30.1 Å². The third kappa shape index (κ3) is 3.81. The van der Waals surface area contributed by atoms with Crippen LogP contribution in [0.4, 0.5) is 0 Å². The fourth-order valence-corrected chi connectivity index (χ4v) is 2.63. The predicted octanol–water partition coefficient (Wildman–Crippen LogP) is 1.50. The quantitative estimate of drug-likeness (QED) is 0.904. The highest BCUT2D eigenvalue weighted by molar-refractivity contribution is 5.78. The van der Waals surface area contributed by atoms with Crippen LogP contribution >= 0.6 is 0 Å². The number of amides is 1. The van der Waals surface area contributed by atoms with Gasteiger partial charge in [-0.05, 0) is 19.4 Å². The number of carbonyl (C=O) groups is 1. The number of hydrogen-bond donors (Lipinski definition) is 1. The van der Waals surface area contributed by atoms with Gasteiger partial charge in [-0.1, -0.05) is 30.3 Å². The molecule has 1 N–H and O–H groups in total. The predicted molar refractivity (Wildman–Crippen MR) is 81.5 cm³/mol. The van der Waals surface area contributed by atoms with Crippen LogP contribution < -0.4 is 5.32 Å². The molecule has 2 rings (SSSR count). The molecular weight excluding hydrogens is 250 g/mol. The number of benzene rings is 1. The van der Waals surface area contributed by atoms with Crippen LogP contribution in [0.1, 0.15) is 25.5 Å². The lowest BCUT2D eigenvalue weighted by Crippen LogP contribution is -2.52. The molecule has 0 spiro atoms. The Labute approximate surface area is 121 Å². The molecule has 1 amide bonds. The molecule has 0 aromatic heterocycles. The molecule has 1 fully saturated rings. The van der Waals surface area contributed by atoms with Crippen molar-refractivity contribution in [1.82, 2.24) is 15.1 Å². The number of rotatable bonds is 4. The maximum atomic E-state index is 12.4. The van der Waals surface area contributed by atoms with Gasteiger partial charge in [-0.25, -0.2) is 0 Å². The molecule has 0 bridgehead atoms. The van der Waals surface area contributed by atoms with E-state index in [2.05, 4.69) is 36.2 Å². The molecule has 1 aliphatic rings. The standard InChI is InChI=1S/C16H25N3O/c1-13-11-19(10-9-17-13)12-16(20)18(3)14(2)15-7-5-4-6-8-15/h4-8,13-14,17H,9-12H2,1-3H3/t13-,14?/m1/s1. The van der Waals surface area contributed by atoms with Crippen molar-refractivity contribution in [2.45, 2.75) is 25.9 Å². The van der Waals surface area contributed by atoms with Crippen molar-refractivity contribution in [2.24, 2.45) is 0 Å². The number of piperazine rings is 1. The minimum Gasteiger partial charge on any atom is -0.338 e. The first-order valence-corrected chi connectivity index (χ1v) is 7.34. The molecule has 1 aromatic rings. The first-order valence-electron chi connectivity index (χ1n) is 7.34. The second-order valence-electron chi connectivity index (χ2n) is 5.68. The molecule has 4 heteroatoms. The Bertz CT molecular complexity index is 435. The lowest BCUT2D eigenvalue weighted by molar-refractivity contribution is -0.133. The fraction of sp³-hybridized carbons (Fsp3) is 0.562. The van der Waals surface area contributed by atoms with Crippen LogP contribution in [0.3, 0.4) is 0 Å². The van der Waals surface area contributed by atoms with Crippen molar-refractivity contribution in [3.05, 3.63) is 35.9 Å².